The zero-order valence-electron chi connectivity index (χ0n) is 20.4. The van der Waals surface area contributed by atoms with E-state index < -0.39 is 24.5 Å². The summed E-state index contributed by atoms with van der Waals surface area (Å²) in [6, 6.07) is 13.0. The van der Waals surface area contributed by atoms with Crippen LogP contribution < -0.4 is 5.69 Å². The van der Waals surface area contributed by atoms with E-state index in [0.29, 0.717) is 34.9 Å². The molecule has 1 saturated heterocycles. The molecule has 2 aromatic heterocycles. The van der Waals surface area contributed by atoms with E-state index in [1.165, 1.54) is 35.3 Å². The van der Waals surface area contributed by atoms with E-state index in [2.05, 4.69) is 15.2 Å². The molecule has 0 bridgehead atoms. The summed E-state index contributed by atoms with van der Waals surface area (Å²) in [5.41, 5.74) is 0.395. The Kier molecular flexibility index (Phi) is 7.28. The molecule has 0 saturated carbocycles. The molecule has 204 valence electrons. The lowest BCUT2D eigenvalue weighted by atomic mass is 10.1. The van der Waals surface area contributed by atoms with Crippen molar-refractivity contribution in [1.82, 2.24) is 34.0 Å². The average Bonchev–Trinajstić information content (AvgIpc) is 3.67. The molecule has 0 aliphatic carbocycles. The van der Waals surface area contributed by atoms with Crippen LogP contribution >= 0.6 is 11.6 Å². The van der Waals surface area contributed by atoms with Crippen LogP contribution in [0.15, 0.2) is 59.7 Å². The topological polar surface area (TPSA) is 111 Å². The highest BCUT2D eigenvalue weighted by molar-refractivity contribution is 6.30. The standard InChI is InChI=1S/C25H23ClF3N7O3/c26-17-9-7-16(8-10-17)22-32-35(24(39)34(22)13-20(37)25(27,28)29)14-21-30-15-36(31-21)19-6-2-1-5-18(19)23(38)33-11-3-4-12-33/h1-2,5-10,15,20,37H,3-4,11-14H2. The van der Waals surface area contributed by atoms with Crippen molar-refractivity contribution in [2.45, 2.75) is 38.2 Å². The van der Waals surface area contributed by atoms with Crippen molar-refractivity contribution in [3.8, 4) is 17.1 Å². The fourth-order valence-electron chi connectivity index (χ4n) is 4.36. The SMILES string of the molecule is O=C(c1ccccc1-n1cnc(Cn2nc(-c3ccc(Cl)cc3)n(CC(O)C(F)(F)F)c2=O)n1)N1CCCC1. The molecule has 3 heterocycles. The summed E-state index contributed by atoms with van der Waals surface area (Å²) in [6.45, 7) is 0.0542. The molecule has 1 amide bonds. The van der Waals surface area contributed by atoms with Crippen molar-refractivity contribution < 1.29 is 23.1 Å². The molecular weight excluding hydrogens is 539 g/mol. The van der Waals surface area contributed by atoms with Gasteiger partial charge in [0.2, 0.25) is 0 Å². The minimum absolute atomic E-state index is 0.0824. The Bertz CT molecular complexity index is 1540. The van der Waals surface area contributed by atoms with E-state index in [1.54, 1.807) is 29.2 Å². The third-order valence-electron chi connectivity index (χ3n) is 6.36. The number of likely N-dealkylation sites (tertiary alicyclic amines) is 1. The van der Waals surface area contributed by atoms with Gasteiger partial charge in [-0.15, -0.1) is 10.2 Å². The van der Waals surface area contributed by atoms with Crippen molar-refractivity contribution in [3.63, 3.8) is 0 Å². The van der Waals surface area contributed by atoms with Crippen LogP contribution in [0.3, 0.4) is 0 Å². The van der Waals surface area contributed by atoms with Gasteiger partial charge < -0.3 is 10.0 Å². The fraction of sp³-hybridized carbons (Fsp3) is 0.320. The number of nitrogens with zero attached hydrogens (tertiary/aromatic N) is 7. The summed E-state index contributed by atoms with van der Waals surface area (Å²) < 4.78 is 42.4. The highest BCUT2D eigenvalue weighted by atomic mass is 35.5. The summed E-state index contributed by atoms with van der Waals surface area (Å²) in [6.07, 6.45) is -4.43. The number of amides is 1. The van der Waals surface area contributed by atoms with Gasteiger partial charge in [0.05, 0.1) is 17.8 Å². The fourth-order valence-corrected chi connectivity index (χ4v) is 4.49. The number of aliphatic hydroxyl groups excluding tert-OH is 1. The van der Waals surface area contributed by atoms with Crippen molar-refractivity contribution in [2.24, 2.45) is 0 Å². The monoisotopic (exact) mass is 561 g/mol. The number of benzene rings is 2. The lowest BCUT2D eigenvalue weighted by Gasteiger charge is -2.17. The summed E-state index contributed by atoms with van der Waals surface area (Å²) in [4.78, 5) is 32.1. The molecule has 1 N–H and O–H groups in total. The van der Waals surface area contributed by atoms with Crippen LogP contribution in [0.5, 0.6) is 0 Å². The summed E-state index contributed by atoms with van der Waals surface area (Å²) in [7, 11) is 0. The molecule has 1 aliphatic heterocycles. The summed E-state index contributed by atoms with van der Waals surface area (Å²) in [5, 5.41) is 18.6. The molecule has 10 nitrogen and oxygen atoms in total. The third-order valence-corrected chi connectivity index (χ3v) is 6.62. The van der Waals surface area contributed by atoms with Crippen molar-refractivity contribution in [1.29, 1.82) is 0 Å². The van der Waals surface area contributed by atoms with Gasteiger partial charge in [-0.3, -0.25) is 9.36 Å². The van der Waals surface area contributed by atoms with E-state index in [1.807, 2.05) is 0 Å². The van der Waals surface area contributed by atoms with Crippen LogP contribution in [-0.4, -0.2) is 70.4 Å². The predicted octanol–water partition coefficient (Wildman–Crippen LogP) is 3.15. The maximum absolute atomic E-state index is 13.1. The van der Waals surface area contributed by atoms with Crippen LogP contribution in [0, 0.1) is 0 Å². The molecule has 0 radical (unpaired) electrons. The molecular formula is C25H23ClF3N7O3. The Morgan fingerprint density at radius 1 is 1.05 bits per heavy atom. The number of aromatic nitrogens is 6. The molecule has 1 atom stereocenters. The van der Waals surface area contributed by atoms with Crippen LogP contribution in [-0.2, 0) is 13.1 Å². The highest BCUT2D eigenvalue weighted by Crippen LogP contribution is 2.24. The molecule has 5 rings (SSSR count). The largest absolute Gasteiger partial charge is 0.416 e. The number of aliphatic hydroxyl groups is 1. The van der Waals surface area contributed by atoms with Crippen LogP contribution in [0.4, 0.5) is 13.2 Å². The minimum Gasteiger partial charge on any atom is -0.382 e. The third kappa shape index (κ3) is 5.59. The normalized spacial score (nSPS) is 14.6. The van der Waals surface area contributed by atoms with Gasteiger partial charge in [0.1, 0.15) is 12.9 Å². The van der Waals surface area contributed by atoms with Crippen LogP contribution in [0.1, 0.15) is 29.0 Å². The second kappa shape index (κ2) is 10.7. The Hall–Kier alpha value is -3.97. The van der Waals surface area contributed by atoms with E-state index in [9.17, 15) is 27.9 Å². The number of rotatable bonds is 7. The Morgan fingerprint density at radius 3 is 2.44 bits per heavy atom. The van der Waals surface area contributed by atoms with Gasteiger partial charge >= 0.3 is 11.9 Å². The molecule has 4 aromatic rings. The average molecular weight is 562 g/mol. The van der Waals surface area contributed by atoms with E-state index in [-0.39, 0.29) is 24.1 Å². The Morgan fingerprint density at radius 2 is 1.74 bits per heavy atom. The molecule has 0 spiro atoms. The second-order valence-corrected chi connectivity index (χ2v) is 9.50. The summed E-state index contributed by atoms with van der Waals surface area (Å²) in [5.74, 6) is -0.0592. The van der Waals surface area contributed by atoms with E-state index >= 15 is 0 Å². The number of halogens is 4. The second-order valence-electron chi connectivity index (χ2n) is 9.06. The number of para-hydroxylation sites is 1. The first kappa shape index (κ1) is 26.6. The highest BCUT2D eigenvalue weighted by Gasteiger charge is 2.39. The number of hydrogen-bond donors (Lipinski definition) is 1. The predicted molar refractivity (Wildman–Crippen MR) is 135 cm³/mol. The maximum Gasteiger partial charge on any atom is 0.416 e. The van der Waals surface area contributed by atoms with Crippen molar-refractivity contribution >= 4 is 17.5 Å². The van der Waals surface area contributed by atoms with Gasteiger partial charge in [0.25, 0.3) is 5.91 Å². The minimum atomic E-state index is -4.93. The molecule has 39 heavy (non-hydrogen) atoms. The quantitative estimate of drug-likeness (QED) is 0.371. The van der Waals surface area contributed by atoms with Gasteiger partial charge in [-0.25, -0.2) is 19.1 Å². The zero-order chi connectivity index (χ0) is 27.7. The number of hydrogen-bond acceptors (Lipinski definition) is 6. The van der Waals surface area contributed by atoms with Crippen LogP contribution in [0.2, 0.25) is 5.02 Å². The first-order chi connectivity index (χ1) is 18.6. The van der Waals surface area contributed by atoms with E-state index in [0.717, 1.165) is 22.1 Å². The van der Waals surface area contributed by atoms with Gasteiger partial charge in [0.15, 0.2) is 17.8 Å². The van der Waals surface area contributed by atoms with Gasteiger partial charge in [-0.2, -0.15) is 13.2 Å². The number of alkyl halides is 3. The van der Waals surface area contributed by atoms with Crippen molar-refractivity contribution in [3.05, 3.63) is 81.8 Å². The number of carbonyl (C=O) groups excluding carboxylic acids is 1. The van der Waals surface area contributed by atoms with E-state index in [4.69, 9.17) is 11.6 Å². The molecule has 1 unspecified atom stereocenters. The van der Waals surface area contributed by atoms with Crippen LogP contribution in [0.25, 0.3) is 17.1 Å². The van der Waals surface area contributed by atoms with Gasteiger partial charge in [0, 0.05) is 23.7 Å². The van der Waals surface area contributed by atoms with Crippen molar-refractivity contribution in [2.75, 3.05) is 13.1 Å². The van der Waals surface area contributed by atoms with Gasteiger partial charge in [-0.1, -0.05) is 23.7 Å². The first-order valence-electron chi connectivity index (χ1n) is 12.1. The molecule has 14 heteroatoms. The van der Waals surface area contributed by atoms with Gasteiger partial charge in [-0.05, 0) is 49.2 Å². The molecule has 2 aromatic carbocycles. The number of carbonyl (C=O) groups is 1. The lowest BCUT2D eigenvalue weighted by molar-refractivity contribution is -0.207. The molecule has 1 fully saturated rings. The smallest absolute Gasteiger partial charge is 0.382 e. The first-order valence-corrected chi connectivity index (χ1v) is 12.5. The Balaban J connectivity index is 1.46. The summed E-state index contributed by atoms with van der Waals surface area (Å²) >= 11 is 5.92. The zero-order valence-corrected chi connectivity index (χ0v) is 21.2. The molecule has 1 aliphatic rings. The maximum atomic E-state index is 13.1. The lowest BCUT2D eigenvalue weighted by Crippen LogP contribution is -2.37. The Labute approximate surface area is 224 Å².